The van der Waals surface area contributed by atoms with Crippen molar-refractivity contribution >= 4 is 40.7 Å². The first-order valence-corrected chi connectivity index (χ1v) is 11.9. The van der Waals surface area contributed by atoms with E-state index in [2.05, 4.69) is 32.7 Å². The number of amides is 2. The minimum absolute atomic E-state index is 0.0639. The van der Waals surface area contributed by atoms with Crippen LogP contribution >= 0.6 is 11.6 Å². The average Bonchev–Trinajstić information content (AvgIpc) is 3.25. The van der Waals surface area contributed by atoms with Crippen LogP contribution in [0.2, 0.25) is 5.02 Å². The fraction of sp³-hybridized carbons (Fsp3) is 0.360. The summed E-state index contributed by atoms with van der Waals surface area (Å²) >= 11 is 6.61. The number of rotatable bonds is 9. The minimum Gasteiger partial charge on any atom is -0.370 e. The van der Waals surface area contributed by atoms with E-state index in [4.69, 9.17) is 16.4 Å². The van der Waals surface area contributed by atoms with E-state index in [1.54, 1.807) is 17.0 Å². The van der Waals surface area contributed by atoms with Gasteiger partial charge < -0.3 is 10.6 Å². The molecule has 2 amide bonds. The van der Waals surface area contributed by atoms with Crippen molar-refractivity contribution < 1.29 is 14.4 Å². The fourth-order valence-electron chi connectivity index (χ4n) is 3.65. The number of hydrogen-bond acceptors (Lipinski definition) is 7. The van der Waals surface area contributed by atoms with Crippen LogP contribution in [-0.2, 0) is 14.4 Å². The summed E-state index contributed by atoms with van der Waals surface area (Å²) in [6.45, 7) is 12.6. The predicted molar refractivity (Wildman–Crippen MR) is 139 cm³/mol. The molecule has 2 heterocycles. The molecule has 1 unspecified atom stereocenters. The zero-order valence-corrected chi connectivity index (χ0v) is 21.2. The summed E-state index contributed by atoms with van der Waals surface area (Å²) in [6.07, 6.45) is 4.15. The van der Waals surface area contributed by atoms with Gasteiger partial charge in [0.15, 0.2) is 12.1 Å². The third-order valence-electron chi connectivity index (χ3n) is 5.38. The molecule has 0 radical (unpaired) electrons. The summed E-state index contributed by atoms with van der Waals surface area (Å²) < 4.78 is 0. The molecule has 35 heavy (non-hydrogen) atoms. The lowest BCUT2D eigenvalue weighted by Gasteiger charge is -2.30. The highest BCUT2D eigenvalue weighted by Gasteiger charge is 2.31. The summed E-state index contributed by atoms with van der Waals surface area (Å²) in [5.74, 6) is 1.29. The molecule has 0 saturated carbocycles. The Labute approximate surface area is 210 Å². The largest absolute Gasteiger partial charge is 0.370 e. The molecule has 0 fully saturated rings. The number of nitrogens with zero attached hydrogens (tertiary/aromatic N) is 3. The first-order valence-electron chi connectivity index (χ1n) is 11.5. The second kappa shape index (κ2) is 11.8. The van der Waals surface area contributed by atoms with Gasteiger partial charge in [-0.25, -0.2) is 20.3 Å². The van der Waals surface area contributed by atoms with E-state index in [9.17, 15) is 9.59 Å². The Morgan fingerprint density at radius 1 is 1.37 bits per heavy atom. The maximum Gasteiger partial charge on any atom is 0.260 e. The number of benzene rings is 1. The molecule has 0 aromatic heterocycles. The Morgan fingerprint density at radius 2 is 2.11 bits per heavy atom. The summed E-state index contributed by atoms with van der Waals surface area (Å²) in [4.78, 5) is 40.2. The molecular formula is C25H31ClN6O3. The summed E-state index contributed by atoms with van der Waals surface area (Å²) in [6, 6.07) is 5.43. The van der Waals surface area contributed by atoms with Gasteiger partial charge in [-0.3, -0.25) is 14.5 Å². The van der Waals surface area contributed by atoms with Crippen molar-refractivity contribution in [1.82, 2.24) is 21.0 Å². The Kier molecular flexibility index (Phi) is 8.84. The van der Waals surface area contributed by atoms with Gasteiger partial charge in [0, 0.05) is 53.9 Å². The third kappa shape index (κ3) is 6.37. The van der Waals surface area contributed by atoms with E-state index in [0.29, 0.717) is 53.3 Å². The molecule has 1 aromatic rings. The number of likely N-dealkylation sites (N-methyl/N-ethyl adjacent to an activating group) is 1. The van der Waals surface area contributed by atoms with Gasteiger partial charge in [0.05, 0.1) is 0 Å². The highest BCUT2D eigenvalue weighted by atomic mass is 35.5. The highest BCUT2D eigenvalue weighted by Crippen LogP contribution is 2.32. The van der Waals surface area contributed by atoms with Gasteiger partial charge in [-0.2, -0.15) is 0 Å². The number of hydrogen-bond donors (Lipinski definition) is 3. The Morgan fingerprint density at radius 3 is 2.71 bits per heavy atom. The topological polar surface area (TPSA) is 107 Å². The number of amidine groups is 2. The predicted octanol–water partition coefficient (Wildman–Crippen LogP) is 3.14. The molecule has 186 valence electrons. The van der Waals surface area contributed by atoms with Crippen LogP contribution in [0.3, 0.4) is 0 Å². The zero-order valence-electron chi connectivity index (χ0n) is 20.4. The van der Waals surface area contributed by atoms with Crippen LogP contribution in [-0.4, -0.2) is 54.2 Å². The molecule has 3 N–H and O–H groups in total. The number of nitrogens with one attached hydrogen (secondary N) is 3. The molecule has 0 aliphatic carbocycles. The summed E-state index contributed by atoms with van der Waals surface area (Å²) in [7, 11) is 0. The van der Waals surface area contributed by atoms with Crippen molar-refractivity contribution in [1.29, 1.82) is 0 Å². The molecule has 10 heteroatoms. The van der Waals surface area contributed by atoms with Crippen LogP contribution in [0.1, 0.15) is 45.2 Å². The Balaban J connectivity index is 1.83. The van der Waals surface area contributed by atoms with Crippen LogP contribution in [0.15, 0.2) is 58.3 Å². The van der Waals surface area contributed by atoms with Gasteiger partial charge in [-0.05, 0) is 39.3 Å². The van der Waals surface area contributed by atoms with E-state index < -0.39 is 0 Å². The minimum atomic E-state index is -0.277. The second-order valence-corrected chi connectivity index (χ2v) is 8.40. The molecule has 3 rings (SSSR count). The van der Waals surface area contributed by atoms with Gasteiger partial charge >= 0.3 is 0 Å². The lowest BCUT2D eigenvalue weighted by Crippen LogP contribution is -2.41. The average molecular weight is 499 g/mol. The maximum absolute atomic E-state index is 13.5. The van der Waals surface area contributed by atoms with Gasteiger partial charge in [0.2, 0.25) is 5.91 Å². The van der Waals surface area contributed by atoms with Gasteiger partial charge in [-0.15, -0.1) is 0 Å². The van der Waals surface area contributed by atoms with E-state index in [-0.39, 0.29) is 18.0 Å². The van der Waals surface area contributed by atoms with Crippen LogP contribution < -0.4 is 16.1 Å². The van der Waals surface area contributed by atoms with E-state index in [0.717, 1.165) is 17.6 Å². The summed E-state index contributed by atoms with van der Waals surface area (Å²) in [5.41, 5.74) is 5.45. The summed E-state index contributed by atoms with van der Waals surface area (Å²) in [5, 5.41) is 6.31. The number of allylic oxidation sites excluding steroid dienone is 1. The monoisotopic (exact) mass is 498 g/mol. The molecule has 0 saturated heterocycles. The van der Waals surface area contributed by atoms with E-state index in [1.807, 2.05) is 39.0 Å². The van der Waals surface area contributed by atoms with Gasteiger partial charge in [0.25, 0.3) is 5.91 Å². The van der Waals surface area contributed by atoms with Crippen molar-refractivity contribution in [3.05, 3.63) is 64.5 Å². The molecule has 2 aliphatic rings. The molecule has 2 aliphatic heterocycles. The molecule has 0 spiro atoms. The van der Waals surface area contributed by atoms with Crippen molar-refractivity contribution in [2.45, 2.75) is 40.3 Å². The SMILES string of the molecule is C=C(/N=C1\C(=C/C)C=C(c2ccc(C3=NC(C)ON3)cc2Cl)C(=O)N1CC)NCCCNC(C)=O. The molecule has 1 aromatic carbocycles. The lowest BCUT2D eigenvalue weighted by molar-refractivity contribution is -0.121. The van der Waals surface area contributed by atoms with Crippen molar-refractivity contribution in [2.24, 2.45) is 9.98 Å². The van der Waals surface area contributed by atoms with Gasteiger partial charge in [-0.1, -0.05) is 36.4 Å². The smallest absolute Gasteiger partial charge is 0.260 e. The zero-order chi connectivity index (χ0) is 25.5. The molecule has 1 atom stereocenters. The standard InChI is InChI=1S/C25H31ClN6O3/c1-6-18-13-21(20-10-9-19(14-22(20)26)23-30-17(5)35-31-23)25(34)32(7-2)24(18)29-15(3)27-11-8-12-28-16(4)33/h6,9-10,13-14,17,27H,3,7-8,11-12H2,1-2,4-5H3,(H,28,33)(H,30,31)/b18-6-,29-24+. The third-order valence-corrected chi connectivity index (χ3v) is 5.70. The number of carbonyl (C=O) groups excluding carboxylic acids is 2. The molecule has 0 bridgehead atoms. The first kappa shape index (κ1) is 26.2. The first-order chi connectivity index (χ1) is 16.7. The van der Waals surface area contributed by atoms with Crippen LogP contribution in [0, 0.1) is 0 Å². The second-order valence-electron chi connectivity index (χ2n) is 7.99. The van der Waals surface area contributed by atoms with E-state index in [1.165, 1.54) is 6.92 Å². The fourth-order valence-corrected chi connectivity index (χ4v) is 3.93. The number of halogens is 1. The van der Waals surface area contributed by atoms with Crippen molar-refractivity contribution in [3.63, 3.8) is 0 Å². The molecular weight excluding hydrogens is 468 g/mol. The maximum atomic E-state index is 13.5. The normalized spacial score (nSPS) is 20.0. The van der Waals surface area contributed by atoms with Crippen LogP contribution in [0.25, 0.3) is 5.57 Å². The molecule has 9 nitrogen and oxygen atoms in total. The number of hydroxylamine groups is 1. The van der Waals surface area contributed by atoms with E-state index >= 15 is 0 Å². The highest BCUT2D eigenvalue weighted by molar-refractivity contribution is 6.37. The number of carbonyl (C=O) groups is 2. The van der Waals surface area contributed by atoms with Crippen LogP contribution in [0.4, 0.5) is 0 Å². The Hall–Kier alpha value is -3.43. The van der Waals surface area contributed by atoms with Crippen LogP contribution in [0.5, 0.6) is 0 Å². The van der Waals surface area contributed by atoms with Crippen molar-refractivity contribution in [3.8, 4) is 0 Å². The number of aliphatic imine (C=N–C) groups is 2. The Bertz CT molecular complexity index is 1140. The van der Waals surface area contributed by atoms with Gasteiger partial charge in [0.1, 0.15) is 11.7 Å². The lowest BCUT2D eigenvalue weighted by atomic mass is 9.95. The van der Waals surface area contributed by atoms with Crippen molar-refractivity contribution in [2.75, 3.05) is 19.6 Å². The quantitative estimate of drug-likeness (QED) is 0.453.